The largest absolute Gasteiger partial charge is 0.457 e. The Morgan fingerprint density at radius 2 is 1.86 bits per heavy atom. The summed E-state index contributed by atoms with van der Waals surface area (Å²) in [5, 5.41) is 8.56. The van der Waals surface area contributed by atoms with Gasteiger partial charge in [-0.15, -0.1) is 5.10 Å². The Morgan fingerprint density at radius 1 is 1.09 bits per heavy atom. The molecule has 0 amide bonds. The van der Waals surface area contributed by atoms with E-state index >= 15 is 0 Å². The highest BCUT2D eigenvalue weighted by molar-refractivity contribution is 6.32. The molecule has 0 aliphatic heterocycles. The number of aromatic nitrogens is 3. The lowest BCUT2D eigenvalue weighted by atomic mass is 10.1. The monoisotopic (exact) mass is 313 g/mol. The second-order valence-electron chi connectivity index (χ2n) is 5.22. The summed E-state index contributed by atoms with van der Waals surface area (Å²) in [5.41, 5.74) is 3.12. The number of hydrogen-bond donors (Lipinski definition) is 0. The van der Waals surface area contributed by atoms with E-state index < -0.39 is 0 Å². The van der Waals surface area contributed by atoms with Crippen molar-refractivity contribution in [2.75, 3.05) is 0 Å². The number of benzene rings is 2. The number of ether oxygens (including phenoxy) is 1. The van der Waals surface area contributed by atoms with Crippen molar-refractivity contribution >= 4 is 11.6 Å². The Labute approximate surface area is 134 Å². The lowest BCUT2D eigenvalue weighted by molar-refractivity contribution is 0.480. The predicted octanol–water partition coefficient (Wildman–Crippen LogP) is 4.39. The first-order chi connectivity index (χ1) is 10.6. The number of hydrogen-bond acceptors (Lipinski definition) is 3. The van der Waals surface area contributed by atoms with E-state index in [1.807, 2.05) is 56.4 Å². The summed E-state index contributed by atoms with van der Waals surface area (Å²) in [6, 6.07) is 11.8. The van der Waals surface area contributed by atoms with Gasteiger partial charge in [0, 0.05) is 11.2 Å². The second-order valence-corrected chi connectivity index (χ2v) is 5.60. The molecule has 1 aromatic heterocycles. The quantitative estimate of drug-likeness (QED) is 0.717. The fraction of sp³-hybridized carbons (Fsp3) is 0.176. The van der Waals surface area contributed by atoms with Crippen molar-refractivity contribution in [2.24, 2.45) is 0 Å². The lowest BCUT2D eigenvalue weighted by Gasteiger charge is -2.11. The van der Waals surface area contributed by atoms with Crippen LogP contribution < -0.4 is 4.74 Å². The highest BCUT2D eigenvalue weighted by Gasteiger charge is 2.05. The molecule has 2 aromatic carbocycles. The summed E-state index contributed by atoms with van der Waals surface area (Å²) in [4.78, 5) is 0. The van der Waals surface area contributed by atoms with Crippen LogP contribution >= 0.6 is 11.6 Å². The first-order valence-corrected chi connectivity index (χ1v) is 7.37. The number of halogens is 1. The van der Waals surface area contributed by atoms with Gasteiger partial charge in [-0.1, -0.05) is 28.9 Å². The molecule has 1 heterocycles. The van der Waals surface area contributed by atoms with Crippen molar-refractivity contribution in [3.05, 3.63) is 70.5 Å². The third-order valence-corrected chi connectivity index (χ3v) is 3.96. The van der Waals surface area contributed by atoms with Gasteiger partial charge < -0.3 is 4.74 Å². The maximum Gasteiger partial charge on any atom is 0.128 e. The highest BCUT2D eigenvalue weighted by atomic mass is 35.5. The van der Waals surface area contributed by atoms with Crippen LogP contribution in [0.3, 0.4) is 0 Å². The molecule has 0 fully saturated rings. The Balaban J connectivity index is 1.81. The summed E-state index contributed by atoms with van der Waals surface area (Å²) >= 11 is 6.19. The Morgan fingerprint density at radius 3 is 2.55 bits per heavy atom. The first kappa shape index (κ1) is 14.6. The van der Waals surface area contributed by atoms with Gasteiger partial charge in [0.2, 0.25) is 0 Å². The molecule has 0 radical (unpaired) electrons. The van der Waals surface area contributed by atoms with E-state index in [1.165, 1.54) is 0 Å². The summed E-state index contributed by atoms with van der Waals surface area (Å²) in [6.45, 7) is 4.61. The minimum Gasteiger partial charge on any atom is -0.457 e. The van der Waals surface area contributed by atoms with Crippen molar-refractivity contribution in [1.82, 2.24) is 15.0 Å². The lowest BCUT2D eigenvalue weighted by Crippen LogP contribution is -2.00. The minimum absolute atomic E-state index is 0.663. The van der Waals surface area contributed by atoms with Crippen molar-refractivity contribution < 1.29 is 4.74 Å². The first-order valence-electron chi connectivity index (χ1n) is 6.99. The maximum absolute atomic E-state index is 6.19. The molecule has 0 saturated heterocycles. The van der Waals surface area contributed by atoms with Gasteiger partial charge >= 0.3 is 0 Å². The molecule has 0 atom stereocenters. The predicted molar refractivity (Wildman–Crippen MR) is 86.6 cm³/mol. The van der Waals surface area contributed by atoms with Gasteiger partial charge in [0.1, 0.15) is 11.5 Å². The zero-order valence-electron chi connectivity index (χ0n) is 12.5. The zero-order valence-corrected chi connectivity index (χ0v) is 13.2. The van der Waals surface area contributed by atoms with Gasteiger partial charge in [-0.3, -0.25) is 0 Å². The third-order valence-electron chi connectivity index (χ3n) is 3.36. The maximum atomic E-state index is 6.19. The topological polar surface area (TPSA) is 39.9 Å². The van der Waals surface area contributed by atoms with Crippen LogP contribution in [-0.4, -0.2) is 15.0 Å². The second kappa shape index (κ2) is 6.20. The molecule has 5 heteroatoms. The summed E-state index contributed by atoms with van der Waals surface area (Å²) in [5.74, 6) is 1.58. The van der Waals surface area contributed by atoms with Gasteiger partial charge in [-0.2, -0.15) is 0 Å². The molecule has 0 N–H and O–H groups in total. The Kier molecular flexibility index (Phi) is 4.11. The van der Waals surface area contributed by atoms with Gasteiger partial charge in [0.15, 0.2) is 0 Å². The fourth-order valence-corrected chi connectivity index (χ4v) is 2.42. The Bertz CT molecular complexity index is 761. The summed E-state index contributed by atoms with van der Waals surface area (Å²) < 4.78 is 7.72. The van der Waals surface area contributed by atoms with Crippen molar-refractivity contribution in [3.63, 3.8) is 0 Å². The molecular formula is C17H16ClN3O. The van der Waals surface area contributed by atoms with Crippen LogP contribution in [0.2, 0.25) is 5.02 Å². The molecule has 0 aliphatic rings. The van der Waals surface area contributed by atoms with Crippen LogP contribution in [0, 0.1) is 13.8 Å². The molecule has 112 valence electrons. The van der Waals surface area contributed by atoms with Crippen LogP contribution in [0.15, 0.2) is 48.8 Å². The molecule has 0 saturated carbocycles. The van der Waals surface area contributed by atoms with Crippen molar-refractivity contribution in [1.29, 1.82) is 0 Å². The van der Waals surface area contributed by atoms with Crippen LogP contribution in [0.4, 0.5) is 0 Å². The van der Waals surface area contributed by atoms with E-state index in [4.69, 9.17) is 16.3 Å². The molecule has 4 nitrogen and oxygen atoms in total. The minimum atomic E-state index is 0.663. The fourth-order valence-electron chi connectivity index (χ4n) is 2.31. The third kappa shape index (κ3) is 3.28. The molecule has 0 spiro atoms. The molecule has 0 bridgehead atoms. The van der Waals surface area contributed by atoms with E-state index in [2.05, 4.69) is 10.3 Å². The van der Waals surface area contributed by atoms with E-state index in [9.17, 15) is 0 Å². The number of nitrogens with zero attached hydrogens (tertiary/aromatic N) is 3. The number of rotatable bonds is 4. The smallest absolute Gasteiger partial charge is 0.128 e. The Hall–Kier alpha value is -2.33. The van der Waals surface area contributed by atoms with Gasteiger partial charge in [0.05, 0.1) is 12.7 Å². The summed E-state index contributed by atoms with van der Waals surface area (Å²) in [7, 11) is 0. The SMILES string of the molecule is Cc1cc(Oc2cccc(Cn3ccnn3)c2)cc(C)c1Cl. The van der Waals surface area contributed by atoms with Gasteiger partial charge in [-0.05, 0) is 54.8 Å². The van der Waals surface area contributed by atoms with Crippen LogP contribution in [0.1, 0.15) is 16.7 Å². The molecule has 0 aliphatic carbocycles. The average Bonchev–Trinajstić information content (AvgIpc) is 2.98. The van der Waals surface area contributed by atoms with E-state index in [0.717, 1.165) is 33.2 Å². The molecule has 0 unspecified atom stereocenters. The normalized spacial score (nSPS) is 10.7. The summed E-state index contributed by atoms with van der Waals surface area (Å²) in [6.07, 6.45) is 3.50. The van der Waals surface area contributed by atoms with E-state index in [-0.39, 0.29) is 0 Å². The highest BCUT2D eigenvalue weighted by Crippen LogP contribution is 2.29. The number of aryl methyl sites for hydroxylation is 2. The zero-order chi connectivity index (χ0) is 15.5. The van der Waals surface area contributed by atoms with Crippen LogP contribution in [0.25, 0.3) is 0 Å². The van der Waals surface area contributed by atoms with Gasteiger partial charge in [0.25, 0.3) is 0 Å². The van der Waals surface area contributed by atoms with Gasteiger partial charge in [-0.25, -0.2) is 4.68 Å². The van der Waals surface area contributed by atoms with Crippen molar-refractivity contribution in [3.8, 4) is 11.5 Å². The average molecular weight is 314 g/mol. The molecule has 3 aromatic rings. The van der Waals surface area contributed by atoms with Crippen LogP contribution in [-0.2, 0) is 6.54 Å². The molecular weight excluding hydrogens is 298 g/mol. The van der Waals surface area contributed by atoms with Crippen molar-refractivity contribution in [2.45, 2.75) is 20.4 Å². The standard InChI is InChI=1S/C17H16ClN3O/c1-12-8-16(9-13(2)17(12)18)22-15-5-3-4-14(10-15)11-21-7-6-19-20-21/h3-10H,11H2,1-2H3. The molecule has 22 heavy (non-hydrogen) atoms. The molecule has 3 rings (SSSR count). The van der Waals surface area contributed by atoms with E-state index in [0.29, 0.717) is 6.54 Å². The van der Waals surface area contributed by atoms with E-state index in [1.54, 1.807) is 10.9 Å². The van der Waals surface area contributed by atoms with Crippen LogP contribution in [0.5, 0.6) is 11.5 Å².